The summed E-state index contributed by atoms with van der Waals surface area (Å²) in [6.45, 7) is 11.5. The molecule has 0 bridgehead atoms. The second kappa shape index (κ2) is 7.34. The minimum Gasteiger partial charge on any atom is -0.358 e. The summed E-state index contributed by atoms with van der Waals surface area (Å²) < 4.78 is 46.9. The lowest BCUT2D eigenvalue weighted by Crippen LogP contribution is -2.37. The molecule has 2 nitrogen and oxygen atoms in total. The highest BCUT2D eigenvalue weighted by Gasteiger charge is 2.60. The van der Waals surface area contributed by atoms with Gasteiger partial charge in [0.05, 0.1) is 11.2 Å². The highest BCUT2D eigenvalue weighted by atomic mass is 19.4. The normalized spacial score (nSPS) is 27.5. The lowest BCUT2D eigenvalue weighted by atomic mass is 9.61. The average Bonchev–Trinajstić information content (AvgIpc) is 3.25. The average molecular weight is 484 g/mol. The monoisotopic (exact) mass is 483 g/mol. The van der Waals surface area contributed by atoms with Crippen molar-refractivity contribution in [3.05, 3.63) is 63.5 Å². The van der Waals surface area contributed by atoms with Gasteiger partial charge in [0.1, 0.15) is 6.10 Å². The first-order chi connectivity index (χ1) is 16.4. The van der Waals surface area contributed by atoms with Gasteiger partial charge in [0, 0.05) is 22.9 Å². The molecule has 1 aliphatic heterocycles. The van der Waals surface area contributed by atoms with Crippen molar-refractivity contribution in [2.45, 2.75) is 115 Å². The van der Waals surface area contributed by atoms with Crippen molar-refractivity contribution in [1.29, 1.82) is 0 Å². The summed E-state index contributed by atoms with van der Waals surface area (Å²) in [5.74, 6) is 0.564. The van der Waals surface area contributed by atoms with Crippen LogP contribution in [0.15, 0.2) is 24.3 Å². The molecule has 2 saturated carbocycles. The number of benzene rings is 1. The SMILES string of the molecule is CC(C)c1nc2c(c3c1[C@@H](c1ccc(C(F)(F)F)cc1)OC31CCCC1)C1(CC1)CC(C)(C)[C@@H]2C. The Morgan fingerprint density at radius 1 is 0.971 bits per heavy atom. The van der Waals surface area contributed by atoms with Crippen molar-refractivity contribution >= 4 is 0 Å². The van der Waals surface area contributed by atoms with Crippen molar-refractivity contribution in [3.8, 4) is 0 Å². The van der Waals surface area contributed by atoms with E-state index in [1.807, 2.05) is 0 Å². The molecule has 0 radical (unpaired) electrons. The molecule has 3 aliphatic carbocycles. The molecule has 2 heterocycles. The van der Waals surface area contributed by atoms with E-state index in [4.69, 9.17) is 9.72 Å². The molecule has 0 amide bonds. The zero-order valence-electron chi connectivity index (χ0n) is 21.5. The lowest BCUT2D eigenvalue weighted by molar-refractivity contribution is -0.137. The zero-order chi connectivity index (χ0) is 25.0. The minimum absolute atomic E-state index is 0.186. The molecule has 2 fully saturated rings. The van der Waals surface area contributed by atoms with Crippen LogP contribution in [0.2, 0.25) is 0 Å². The van der Waals surface area contributed by atoms with E-state index in [2.05, 4.69) is 34.6 Å². The van der Waals surface area contributed by atoms with Crippen molar-refractivity contribution in [2.75, 3.05) is 0 Å². The molecule has 4 aliphatic rings. The van der Waals surface area contributed by atoms with Crippen LogP contribution in [-0.4, -0.2) is 4.98 Å². The Hall–Kier alpha value is -1.88. The molecule has 2 spiro atoms. The smallest absolute Gasteiger partial charge is 0.358 e. The summed E-state index contributed by atoms with van der Waals surface area (Å²) in [7, 11) is 0. The third-order valence-electron chi connectivity index (χ3n) is 9.61. The van der Waals surface area contributed by atoms with Gasteiger partial charge in [-0.15, -0.1) is 0 Å². The standard InChI is InChI=1S/C30H36F3NO/c1-17(2)24-21-22(23-25(34-24)18(3)27(4,5)16-28(23)14-15-28)29(12-6-7-13-29)35-26(21)19-8-10-20(11-9-19)30(31,32)33/h8-11,17-18,26H,6-7,12-16H2,1-5H3/t18-,26-/m1/s1. The third kappa shape index (κ3) is 3.36. The number of nitrogens with zero attached hydrogens (tertiary/aromatic N) is 1. The number of fused-ring (bicyclic) bond motifs is 5. The van der Waals surface area contributed by atoms with Crippen LogP contribution < -0.4 is 0 Å². The summed E-state index contributed by atoms with van der Waals surface area (Å²) in [6, 6.07) is 5.64. The molecule has 6 rings (SSSR count). The quantitative estimate of drug-likeness (QED) is 0.426. The maximum absolute atomic E-state index is 13.3. The van der Waals surface area contributed by atoms with Crippen LogP contribution in [0.5, 0.6) is 0 Å². The van der Waals surface area contributed by atoms with E-state index in [-0.39, 0.29) is 28.5 Å². The van der Waals surface area contributed by atoms with Crippen molar-refractivity contribution in [3.63, 3.8) is 0 Å². The van der Waals surface area contributed by atoms with Gasteiger partial charge in [-0.2, -0.15) is 13.2 Å². The molecule has 1 aromatic carbocycles. The van der Waals surface area contributed by atoms with E-state index in [9.17, 15) is 13.2 Å². The van der Waals surface area contributed by atoms with E-state index in [0.717, 1.165) is 36.9 Å². The molecule has 5 heteroatoms. The van der Waals surface area contributed by atoms with Crippen LogP contribution >= 0.6 is 0 Å². The van der Waals surface area contributed by atoms with Gasteiger partial charge in [0.25, 0.3) is 0 Å². The molecule has 1 aromatic heterocycles. The van der Waals surface area contributed by atoms with Crippen LogP contribution in [0.25, 0.3) is 0 Å². The Morgan fingerprint density at radius 3 is 2.14 bits per heavy atom. The van der Waals surface area contributed by atoms with Crippen molar-refractivity contribution < 1.29 is 17.9 Å². The van der Waals surface area contributed by atoms with Crippen LogP contribution in [0.4, 0.5) is 13.2 Å². The Labute approximate surface area is 206 Å². The second-order valence-electron chi connectivity index (χ2n) is 12.7. The molecule has 2 atom stereocenters. The fourth-order valence-electron chi connectivity index (χ4n) is 7.47. The van der Waals surface area contributed by atoms with Gasteiger partial charge >= 0.3 is 6.18 Å². The molecule has 0 unspecified atom stereocenters. The van der Waals surface area contributed by atoms with Crippen LogP contribution in [0.3, 0.4) is 0 Å². The van der Waals surface area contributed by atoms with Gasteiger partial charge in [-0.3, -0.25) is 4.98 Å². The number of pyridine rings is 1. The zero-order valence-corrected chi connectivity index (χ0v) is 21.5. The topological polar surface area (TPSA) is 22.1 Å². The summed E-state index contributed by atoms with van der Waals surface area (Å²) in [4.78, 5) is 5.42. The van der Waals surface area contributed by atoms with Crippen LogP contribution in [-0.2, 0) is 21.9 Å². The van der Waals surface area contributed by atoms with Crippen LogP contribution in [0.1, 0.15) is 137 Å². The Bertz CT molecular complexity index is 1170. The fourth-order valence-corrected chi connectivity index (χ4v) is 7.47. The van der Waals surface area contributed by atoms with Crippen molar-refractivity contribution in [2.24, 2.45) is 5.41 Å². The highest BCUT2D eigenvalue weighted by Crippen LogP contribution is 2.68. The summed E-state index contributed by atoms with van der Waals surface area (Å²) >= 11 is 0. The van der Waals surface area contributed by atoms with E-state index in [1.165, 1.54) is 53.8 Å². The number of halogens is 3. The number of rotatable bonds is 2. The van der Waals surface area contributed by atoms with E-state index in [1.54, 1.807) is 12.1 Å². The maximum atomic E-state index is 13.3. The van der Waals surface area contributed by atoms with E-state index >= 15 is 0 Å². The van der Waals surface area contributed by atoms with Gasteiger partial charge < -0.3 is 4.74 Å². The number of aromatic nitrogens is 1. The fraction of sp³-hybridized carbons (Fsp3) is 0.633. The van der Waals surface area contributed by atoms with Crippen molar-refractivity contribution in [1.82, 2.24) is 4.98 Å². The lowest BCUT2D eigenvalue weighted by Gasteiger charge is -2.45. The maximum Gasteiger partial charge on any atom is 0.416 e. The predicted octanol–water partition coefficient (Wildman–Crippen LogP) is 8.68. The molecule has 188 valence electrons. The number of ether oxygens (including phenoxy) is 1. The largest absolute Gasteiger partial charge is 0.416 e. The van der Waals surface area contributed by atoms with E-state index in [0.29, 0.717) is 5.92 Å². The predicted molar refractivity (Wildman–Crippen MR) is 131 cm³/mol. The number of alkyl halides is 3. The molecular weight excluding hydrogens is 447 g/mol. The first-order valence-electron chi connectivity index (χ1n) is 13.3. The number of hydrogen-bond acceptors (Lipinski definition) is 2. The molecular formula is C30H36F3NO. The summed E-state index contributed by atoms with van der Waals surface area (Å²) in [5.41, 5.74) is 6.58. The Balaban J connectivity index is 1.61. The summed E-state index contributed by atoms with van der Waals surface area (Å²) in [5, 5.41) is 0. The molecule has 0 saturated heterocycles. The molecule has 2 aromatic rings. The first kappa shape index (κ1) is 23.5. The van der Waals surface area contributed by atoms with Gasteiger partial charge in [-0.25, -0.2) is 0 Å². The van der Waals surface area contributed by atoms with E-state index < -0.39 is 11.7 Å². The minimum atomic E-state index is -4.34. The van der Waals surface area contributed by atoms with Gasteiger partial charge in [-0.1, -0.05) is 59.6 Å². The number of hydrogen-bond donors (Lipinski definition) is 0. The Kier molecular flexibility index (Phi) is 4.93. The first-order valence-corrected chi connectivity index (χ1v) is 13.3. The molecule has 0 N–H and O–H groups in total. The summed E-state index contributed by atoms with van der Waals surface area (Å²) in [6.07, 6.45) is 3.09. The molecule has 35 heavy (non-hydrogen) atoms. The van der Waals surface area contributed by atoms with Gasteiger partial charge in [0.15, 0.2) is 0 Å². The van der Waals surface area contributed by atoms with Crippen LogP contribution in [0, 0.1) is 5.41 Å². The van der Waals surface area contributed by atoms with Gasteiger partial charge in [-0.05, 0) is 77.7 Å². The third-order valence-corrected chi connectivity index (χ3v) is 9.61. The second-order valence-corrected chi connectivity index (χ2v) is 12.7. The van der Waals surface area contributed by atoms with Gasteiger partial charge in [0.2, 0.25) is 0 Å². The highest BCUT2D eigenvalue weighted by molar-refractivity contribution is 5.58. The Morgan fingerprint density at radius 2 is 1.60 bits per heavy atom.